The smallest absolute Gasteiger partial charge is 0.484 e. The van der Waals surface area contributed by atoms with Crippen LogP contribution in [-0.2, 0) is 26.0 Å². The fourth-order valence-electron chi connectivity index (χ4n) is 3.25. The summed E-state index contributed by atoms with van der Waals surface area (Å²) in [5.74, 6) is -0.258. The molecule has 0 bridgehead atoms. The monoisotopic (exact) mass is 668 g/mol. The van der Waals surface area contributed by atoms with Gasteiger partial charge in [0.05, 0.1) is 39.8 Å². The second kappa shape index (κ2) is 13.2. The maximum Gasteiger partial charge on any atom is 0.508 e. The highest BCUT2D eigenvalue weighted by atomic mass is 127. The summed E-state index contributed by atoms with van der Waals surface area (Å²) in [4.78, 5) is 34.7. The number of carbonyl (C=O) groups excluding carboxylic acids is 2. The number of hydrogen-bond acceptors (Lipinski definition) is 8. The van der Waals surface area contributed by atoms with E-state index in [2.05, 4.69) is 9.97 Å². The van der Waals surface area contributed by atoms with Crippen LogP contribution in [0, 0.1) is 6.92 Å². The number of imidazole rings is 1. The average molecular weight is 668 g/mol. The quantitative estimate of drug-likeness (QED) is 0.177. The van der Waals surface area contributed by atoms with Crippen LogP contribution in [0.5, 0.6) is 5.75 Å². The van der Waals surface area contributed by atoms with Crippen molar-refractivity contribution >= 4 is 56.6 Å². The van der Waals surface area contributed by atoms with Crippen molar-refractivity contribution in [1.29, 1.82) is 0 Å². The lowest BCUT2D eigenvalue weighted by Gasteiger charge is -2.19. The number of pyridine rings is 1. The van der Waals surface area contributed by atoms with Gasteiger partial charge in [-0.15, -0.1) is 0 Å². The molecule has 0 fully saturated rings. The molecule has 1 aromatic carbocycles. The van der Waals surface area contributed by atoms with Gasteiger partial charge in [0.25, 0.3) is 0 Å². The molecule has 2 aromatic heterocycles. The topological polar surface area (TPSA) is 113 Å². The maximum atomic E-state index is 13.4. The number of likely N-dealkylation sites (N-methyl/N-ethyl adjacent to an activating group) is 1. The molecule has 0 spiro atoms. The molecule has 0 N–H and O–H groups in total. The molecular formula is C23H24F3IN4O6S. The Morgan fingerprint density at radius 1 is 1.16 bits per heavy atom. The first-order valence-electron chi connectivity index (χ1n) is 11.1. The number of ether oxygens (including phenoxy) is 3. The lowest BCUT2D eigenvalue weighted by Crippen LogP contribution is -2.35. The fraction of sp³-hybridized carbons (Fsp3) is 0.391. The number of halogens is 4. The molecule has 3 rings (SSSR count). The molecule has 0 aliphatic heterocycles. The Morgan fingerprint density at radius 3 is 2.58 bits per heavy atom. The van der Waals surface area contributed by atoms with Gasteiger partial charge in [-0.1, -0.05) is 34.7 Å². The first-order chi connectivity index (χ1) is 18.0. The third kappa shape index (κ3) is 7.78. The first-order valence-corrected chi connectivity index (χ1v) is 14.0. The molecule has 15 heteroatoms. The van der Waals surface area contributed by atoms with Crippen LogP contribution in [0.25, 0.3) is 11.0 Å². The maximum absolute atomic E-state index is 13.4. The molecule has 1 amide bonds. The Balaban J connectivity index is 1.81. The number of alkyl halides is 4. The summed E-state index contributed by atoms with van der Waals surface area (Å²) >= 11 is 2.04. The molecule has 0 saturated carbocycles. The number of hydrogen-bond donors (Lipinski definition) is 0. The van der Waals surface area contributed by atoms with E-state index in [4.69, 9.17) is 14.2 Å². The Morgan fingerprint density at radius 2 is 1.87 bits per heavy atom. The van der Waals surface area contributed by atoms with Crippen LogP contribution in [-0.4, -0.2) is 79.8 Å². The van der Waals surface area contributed by atoms with Crippen molar-refractivity contribution in [2.75, 3.05) is 37.8 Å². The highest BCUT2D eigenvalue weighted by Crippen LogP contribution is 2.26. The van der Waals surface area contributed by atoms with E-state index in [9.17, 15) is 27.0 Å². The Labute approximate surface area is 232 Å². The zero-order chi connectivity index (χ0) is 27.9. The SMILES string of the molecule is Cc1c(OCC(F)(F)F)ccnc1CS(=O)c1nc2ccccc2n1C(=O)N(C)CCOC(=O)OCCI. The normalized spacial score (nSPS) is 12.3. The van der Waals surface area contributed by atoms with Crippen LogP contribution in [0.4, 0.5) is 22.8 Å². The summed E-state index contributed by atoms with van der Waals surface area (Å²) in [5.41, 5.74) is 1.36. The van der Waals surface area contributed by atoms with E-state index in [1.54, 1.807) is 24.3 Å². The van der Waals surface area contributed by atoms with Crippen LogP contribution in [0.2, 0.25) is 0 Å². The second-order valence-electron chi connectivity index (χ2n) is 7.83. The minimum absolute atomic E-state index is 0.0238. The van der Waals surface area contributed by atoms with Crippen molar-refractivity contribution in [1.82, 2.24) is 19.4 Å². The number of nitrogens with zero attached hydrogens (tertiary/aromatic N) is 4. The van der Waals surface area contributed by atoms with Crippen molar-refractivity contribution in [3.8, 4) is 5.75 Å². The van der Waals surface area contributed by atoms with E-state index in [1.807, 2.05) is 22.6 Å². The Bertz CT molecular complexity index is 1320. The Hall–Kier alpha value is -2.95. The molecule has 1 atom stereocenters. The first kappa shape index (κ1) is 29.6. The van der Waals surface area contributed by atoms with E-state index in [0.717, 1.165) is 0 Å². The van der Waals surface area contributed by atoms with Gasteiger partial charge in [-0.2, -0.15) is 13.2 Å². The minimum atomic E-state index is -4.52. The number of fused-ring (bicyclic) bond motifs is 1. The summed E-state index contributed by atoms with van der Waals surface area (Å²) in [5, 5.41) is -0.0618. The van der Waals surface area contributed by atoms with Crippen molar-refractivity contribution in [2.24, 2.45) is 0 Å². The molecule has 0 saturated heterocycles. The van der Waals surface area contributed by atoms with Crippen molar-refractivity contribution in [3.05, 3.63) is 47.8 Å². The minimum Gasteiger partial charge on any atom is -0.484 e. The zero-order valence-corrected chi connectivity index (χ0v) is 23.3. The van der Waals surface area contributed by atoms with Crippen LogP contribution in [0.3, 0.4) is 0 Å². The largest absolute Gasteiger partial charge is 0.508 e. The van der Waals surface area contributed by atoms with Crippen molar-refractivity contribution < 1.29 is 41.2 Å². The molecule has 1 unspecified atom stereocenters. The summed E-state index contributed by atoms with van der Waals surface area (Å²) in [7, 11) is -0.432. The Kier molecular flexibility index (Phi) is 10.3. The third-order valence-corrected chi connectivity index (χ3v) is 6.77. The summed E-state index contributed by atoms with van der Waals surface area (Å²) < 4.78 is 67.6. The van der Waals surface area contributed by atoms with E-state index < -0.39 is 35.8 Å². The van der Waals surface area contributed by atoms with Crippen LogP contribution < -0.4 is 4.74 Å². The predicted molar refractivity (Wildman–Crippen MR) is 140 cm³/mol. The van der Waals surface area contributed by atoms with Gasteiger partial charge < -0.3 is 19.1 Å². The molecule has 0 radical (unpaired) electrons. The number of aromatic nitrogens is 3. The highest BCUT2D eigenvalue weighted by molar-refractivity contribution is 14.1. The zero-order valence-electron chi connectivity index (χ0n) is 20.4. The van der Waals surface area contributed by atoms with Gasteiger partial charge >= 0.3 is 18.4 Å². The molecule has 2 heterocycles. The summed E-state index contributed by atoms with van der Waals surface area (Å²) in [6, 6.07) is 7.42. The van der Waals surface area contributed by atoms with E-state index in [-0.39, 0.29) is 42.1 Å². The molecular weight excluding hydrogens is 644 g/mol. The van der Waals surface area contributed by atoms with Gasteiger partial charge in [0.1, 0.15) is 19.0 Å². The molecule has 0 aliphatic rings. The van der Waals surface area contributed by atoms with Gasteiger partial charge in [-0.25, -0.2) is 19.1 Å². The van der Waals surface area contributed by atoms with E-state index >= 15 is 0 Å². The number of para-hydroxylation sites is 2. The number of carbonyl (C=O) groups is 2. The summed E-state index contributed by atoms with van der Waals surface area (Å²) in [6.07, 6.45) is -4.10. The van der Waals surface area contributed by atoms with Gasteiger partial charge in [-0.05, 0) is 25.1 Å². The molecule has 3 aromatic rings. The van der Waals surface area contributed by atoms with Gasteiger partial charge in [0.15, 0.2) is 6.61 Å². The number of benzene rings is 1. The fourth-order valence-corrected chi connectivity index (χ4v) is 4.72. The van der Waals surface area contributed by atoms with Gasteiger partial charge in [0.2, 0.25) is 5.16 Å². The third-order valence-electron chi connectivity index (χ3n) is 5.11. The summed E-state index contributed by atoms with van der Waals surface area (Å²) in [6.45, 7) is 0.141. The van der Waals surface area contributed by atoms with E-state index in [1.165, 1.54) is 35.7 Å². The molecule has 38 heavy (non-hydrogen) atoms. The second-order valence-corrected chi connectivity index (χ2v) is 10.3. The van der Waals surface area contributed by atoms with Crippen LogP contribution >= 0.6 is 22.6 Å². The van der Waals surface area contributed by atoms with Crippen LogP contribution in [0.1, 0.15) is 11.3 Å². The predicted octanol–water partition coefficient (Wildman–Crippen LogP) is 4.48. The molecule has 0 aliphatic carbocycles. The van der Waals surface area contributed by atoms with Gasteiger partial charge in [0, 0.05) is 23.2 Å². The van der Waals surface area contributed by atoms with E-state index in [0.29, 0.717) is 21.0 Å². The average Bonchev–Trinajstić information content (AvgIpc) is 3.26. The molecule has 206 valence electrons. The lowest BCUT2D eigenvalue weighted by molar-refractivity contribution is -0.153. The number of rotatable bonds is 10. The van der Waals surface area contributed by atoms with Gasteiger partial charge in [-0.3, -0.25) is 9.19 Å². The van der Waals surface area contributed by atoms with Crippen LogP contribution in [0.15, 0.2) is 41.7 Å². The molecule has 10 nitrogen and oxygen atoms in total. The standard InChI is InChI=1S/C23H24F3IN4O6S/c1-15-17(28-9-7-19(15)37-14-23(24,25)26)13-38(34)20-29-16-5-3-4-6-18(16)31(20)21(32)30(2)10-12-36-22(33)35-11-8-27/h3-7,9H,8,10-14H2,1-2H3. The van der Waals surface area contributed by atoms with Crippen molar-refractivity contribution in [2.45, 2.75) is 24.0 Å². The lowest BCUT2D eigenvalue weighted by atomic mass is 10.2. The van der Waals surface area contributed by atoms with Crippen molar-refractivity contribution in [3.63, 3.8) is 0 Å². The highest BCUT2D eigenvalue weighted by Gasteiger charge is 2.29. The number of amides is 1.